The van der Waals surface area contributed by atoms with Gasteiger partial charge in [0.15, 0.2) is 0 Å². The van der Waals surface area contributed by atoms with Crippen molar-refractivity contribution in [3.8, 4) is 10.6 Å². The number of aromatic nitrogens is 1. The number of benzene rings is 1. The SMILES string of the molecule is Cc1nc(-c2ccc(Cl)cc2Cl)sc1C(C)(C)O. The van der Waals surface area contributed by atoms with Gasteiger partial charge in [0, 0.05) is 10.6 Å². The van der Waals surface area contributed by atoms with Crippen LogP contribution >= 0.6 is 34.5 Å². The number of rotatable bonds is 2. The molecule has 0 amide bonds. The van der Waals surface area contributed by atoms with Gasteiger partial charge in [0.05, 0.1) is 21.2 Å². The van der Waals surface area contributed by atoms with E-state index in [0.717, 1.165) is 21.1 Å². The van der Waals surface area contributed by atoms with Crippen LogP contribution in [0.25, 0.3) is 10.6 Å². The van der Waals surface area contributed by atoms with Gasteiger partial charge >= 0.3 is 0 Å². The molecule has 1 aromatic heterocycles. The van der Waals surface area contributed by atoms with Gasteiger partial charge in [-0.1, -0.05) is 23.2 Å². The van der Waals surface area contributed by atoms with Crippen LogP contribution in [-0.2, 0) is 5.60 Å². The molecule has 0 saturated carbocycles. The van der Waals surface area contributed by atoms with Crippen LogP contribution in [0.1, 0.15) is 24.4 Å². The van der Waals surface area contributed by atoms with Crippen LogP contribution < -0.4 is 0 Å². The minimum absolute atomic E-state index is 0.568. The molecule has 5 heteroatoms. The Morgan fingerprint density at radius 3 is 2.44 bits per heavy atom. The van der Waals surface area contributed by atoms with E-state index >= 15 is 0 Å². The first-order chi connectivity index (χ1) is 8.29. The fourth-order valence-corrected chi connectivity index (χ4v) is 3.40. The Bertz CT molecular complexity index is 587. The van der Waals surface area contributed by atoms with Crippen molar-refractivity contribution in [3.63, 3.8) is 0 Å². The lowest BCUT2D eigenvalue weighted by molar-refractivity contribution is 0.0817. The molecule has 0 atom stereocenters. The Hall–Kier alpha value is -0.610. The first kappa shape index (κ1) is 13.8. The van der Waals surface area contributed by atoms with E-state index in [1.54, 1.807) is 26.0 Å². The molecule has 1 aromatic carbocycles. The van der Waals surface area contributed by atoms with Gasteiger partial charge < -0.3 is 5.11 Å². The number of halogens is 2. The Balaban J connectivity index is 2.53. The molecule has 0 fully saturated rings. The largest absolute Gasteiger partial charge is 0.385 e. The van der Waals surface area contributed by atoms with E-state index in [-0.39, 0.29) is 0 Å². The summed E-state index contributed by atoms with van der Waals surface area (Å²) < 4.78 is 0. The molecule has 1 N–H and O–H groups in total. The molecule has 0 bridgehead atoms. The number of hydrogen-bond donors (Lipinski definition) is 1. The van der Waals surface area contributed by atoms with Gasteiger partial charge in [-0.3, -0.25) is 0 Å². The summed E-state index contributed by atoms with van der Waals surface area (Å²) in [5, 5.41) is 12.0. The van der Waals surface area contributed by atoms with Crippen molar-refractivity contribution in [1.82, 2.24) is 4.98 Å². The van der Waals surface area contributed by atoms with Gasteiger partial charge in [0.25, 0.3) is 0 Å². The highest BCUT2D eigenvalue weighted by molar-refractivity contribution is 7.15. The van der Waals surface area contributed by atoms with Crippen LogP contribution in [0, 0.1) is 6.92 Å². The van der Waals surface area contributed by atoms with E-state index in [2.05, 4.69) is 4.98 Å². The highest BCUT2D eigenvalue weighted by Gasteiger charge is 2.23. The van der Waals surface area contributed by atoms with Crippen LogP contribution in [0.3, 0.4) is 0 Å². The van der Waals surface area contributed by atoms with Gasteiger partial charge in [-0.25, -0.2) is 4.98 Å². The van der Waals surface area contributed by atoms with E-state index < -0.39 is 5.60 Å². The maximum Gasteiger partial charge on any atom is 0.125 e. The minimum atomic E-state index is -0.890. The van der Waals surface area contributed by atoms with Crippen molar-refractivity contribution in [2.45, 2.75) is 26.4 Å². The second kappa shape index (κ2) is 4.82. The lowest BCUT2D eigenvalue weighted by Gasteiger charge is -2.15. The van der Waals surface area contributed by atoms with Gasteiger partial charge in [0.2, 0.25) is 0 Å². The molecule has 96 valence electrons. The maximum atomic E-state index is 10.1. The van der Waals surface area contributed by atoms with E-state index in [1.807, 2.05) is 13.0 Å². The van der Waals surface area contributed by atoms with Gasteiger partial charge in [-0.05, 0) is 39.0 Å². The predicted molar refractivity (Wildman–Crippen MR) is 77.6 cm³/mol. The zero-order valence-electron chi connectivity index (χ0n) is 10.3. The lowest BCUT2D eigenvalue weighted by Crippen LogP contribution is -2.14. The monoisotopic (exact) mass is 301 g/mol. The molecule has 0 saturated heterocycles. The van der Waals surface area contributed by atoms with Crippen LogP contribution in [0.5, 0.6) is 0 Å². The topological polar surface area (TPSA) is 33.1 Å². The number of hydrogen-bond acceptors (Lipinski definition) is 3. The van der Waals surface area contributed by atoms with Crippen LogP contribution in [0.4, 0.5) is 0 Å². The smallest absolute Gasteiger partial charge is 0.125 e. The summed E-state index contributed by atoms with van der Waals surface area (Å²) in [6.45, 7) is 5.39. The third kappa shape index (κ3) is 2.69. The summed E-state index contributed by atoms with van der Waals surface area (Å²) in [4.78, 5) is 5.32. The first-order valence-corrected chi connectivity index (χ1v) is 7.02. The molecule has 2 rings (SSSR count). The quantitative estimate of drug-likeness (QED) is 0.875. The molecule has 0 aliphatic heterocycles. The average molecular weight is 302 g/mol. The fourth-order valence-electron chi connectivity index (χ4n) is 1.74. The highest BCUT2D eigenvalue weighted by atomic mass is 35.5. The Kier molecular flexibility index (Phi) is 3.70. The molecule has 0 aliphatic rings. The summed E-state index contributed by atoms with van der Waals surface area (Å²) in [5.41, 5.74) is 0.775. The van der Waals surface area contributed by atoms with Crippen molar-refractivity contribution in [3.05, 3.63) is 38.8 Å². The summed E-state index contributed by atoms with van der Waals surface area (Å²) in [6.07, 6.45) is 0. The number of thiazole rings is 1. The second-order valence-corrected chi connectivity index (χ2v) is 6.46. The number of nitrogens with zero attached hydrogens (tertiary/aromatic N) is 1. The van der Waals surface area contributed by atoms with Crippen molar-refractivity contribution in [2.75, 3.05) is 0 Å². The van der Waals surface area contributed by atoms with E-state index in [1.165, 1.54) is 11.3 Å². The fraction of sp³-hybridized carbons (Fsp3) is 0.308. The van der Waals surface area contributed by atoms with Gasteiger partial charge in [-0.2, -0.15) is 0 Å². The van der Waals surface area contributed by atoms with Crippen molar-refractivity contribution >= 4 is 34.5 Å². The van der Waals surface area contributed by atoms with E-state index in [4.69, 9.17) is 23.2 Å². The van der Waals surface area contributed by atoms with Crippen LogP contribution in [0.2, 0.25) is 10.0 Å². The maximum absolute atomic E-state index is 10.1. The second-order valence-electron chi connectivity index (χ2n) is 4.62. The van der Waals surface area contributed by atoms with Crippen molar-refractivity contribution in [2.24, 2.45) is 0 Å². The molecule has 0 unspecified atom stereocenters. The predicted octanol–water partition coefficient (Wildman–Crippen LogP) is 4.65. The molecule has 0 spiro atoms. The summed E-state index contributed by atoms with van der Waals surface area (Å²) in [5.74, 6) is 0. The third-order valence-electron chi connectivity index (χ3n) is 2.51. The molecule has 0 radical (unpaired) electrons. The molecule has 2 nitrogen and oxygen atoms in total. The van der Waals surface area contributed by atoms with Gasteiger partial charge in [0.1, 0.15) is 5.01 Å². The van der Waals surface area contributed by atoms with Crippen LogP contribution in [0.15, 0.2) is 18.2 Å². The van der Waals surface area contributed by atoms with Gasteiger partial charge in [-0.15, -0.1) is 11.3 Å². The Labute approximate surface area is 120 Å². The van der Waals surface area contributed by atoms with Crippen molar-refractivity contribution < 1.29 is 5.11 Å². The molecular formula is C13H13Cl2NOS. The molecular weight excluding hydrogens is 289 g/mol. The average Bonchev–Trinajstić information content (AvgIpc) is 2.59. The van der Waals surface area contributed by atoms with E-state index in [9.17, 15) is 5.11 Å². The normalized spacial score (nSPS) is 11.9. The Morgan fingerprint density at radius 1 is 1.28 bits per heavy atom. The molecule has 1 heterocycles. The standard InChI is InChI=1S/C13H13Cl2NOS/c1-7-11(13(2,3)17)18-12(16-7)9-5-4-8(14)6-10(9)15/h4-6,17H,1-3H3. The zero-order valence-corrected chi connectivity index (χ0v) is 12.6. The van der Waals surface area contributed by atoms with E-state index in [0.29, 0.717) is 10.0 Å². The molecule has 2 aromatic rings. The first-order valence-electron chi connectivity index (χ1n) is 5.45. The summed E-state index contributed by atoms with van der Waals surface area (Å²) in [7, 11) is 0. The van der Waals surface area contributed by atoms with Crippen LogP contribution in [-0.4, -0.2) is 10.1 Å². The zero-order chi connectivity index (χ0) is 13.5. The Morgan fingerprint density at radius 2 is 1.94 bits per heavy atom. The summed E-state index contributed by atoms with van der Waals surface area (Å²) in [6, 6.07) is 5.32. The number of aliphatic hydroxyl groups is 1. The third-order valence-corrected chi connectivity index (χ3v) is 4.57. The summed E-state index contributed by atoms with van der Waals surface area (Å²) >= 11 is 13.5. The highest BCUT2D eigenvalue weighted by Crippen LogP contribution is 2.37. The lowest BCUT2D eigenvalue weighted by atomic mass is 10.1. The molecule has 0 aliphatic carbocycles. The minimum Gasteiger partial charge on any atom is -0.385 e. The number of aryl methyl sites for hydroxylation is 1. The molecule has 18 heavy (non-hydrogen) atoms. The van der Waals surface area contributed by atoms with Crippen molar-refractivity contribution in [1.29, 1.82) is 0 Å².